The molecule has 1 aromatic heterocycles. The maximum absolute atomic E-state index is 12.7. The Kier molecular flexibility index (Phi) is 4.55. The van der Waals surface area contributed by atoms with E-state index in [0.717, 1.165) is 35.4 Å². The van der Waals surface area contributed by atoms with E-state index in [-0.39, 0.29) is 16.6 Å². The summed E-state index contributed by atoms with van der Waals surface area (Å²) in [5.74, 6) is 0.840. The van der Waals surface area contributed by atoms with Gasteiger partial charge in [0.2, 0.25) is 5.16 Å². The molecule has 30 heavy (non-hydrogen) atoms. The predicted octanol–water partition coefficient (Wildman–Crippen LogP) is 5.69. The minimum atomic E-state index is 0.0511. The minimum Gasteiger partial charge on any atom is -0.293 e. The third-order valence-corrected chi connectivity index (χ3v) is 8.26. The van der Waals surface area contributed by atoms with Crippen LogP contribution >= 0.6 is 11.8 Å². The van der Waals surface area contributed by atoms with Crippen LogP contribution in [0, 0.1) is 5.41 Å². The molecule has 0 N–H and O–H groups in total. The van der Waals surface area contributed by atoms with Crippen LogP contribution in [-0.2, 0) is 5.41 Å². The number of rotatable bonds is 5. The van der Waals surface area contributed by atoms with Crippen LogP contribution in [0.5, 0.6) is 0 Å². The molecule has 2 unspecified atom stereocenters. The van der Waals surface area contributed by atoms with Crippen LogP contribution < -0.4 is 0 Å². The molecule has 2 aliphatic carbocycles. The molecule has 2 bridgehead atoms. The molecule has 2 aliphatic rings. The van der Waals surface area contributed by atoms with Crippen LogP contribution in [0.15, 0.2) is 59.8 Å². The minimum absolute atomic E-state index is 0.0511. The number of thioether (sulfide) groups is 1. The van der Waals surface area contributed by atoms with E-state index in [2.05, 4.69) is 43.1 Å². The molecule has 5 heteroatoms. The predicted molar refractivity (Wildman–Crippen MR) is 120 cm³/mol. The van der Waals surface area contributed by atoms with E-state index in [1.807, 2.05) is 42.5 Å². The Morgan fingerprint density at radius 3 is 2.43 bits per heavy atom. The number of Topliss-reactive ketones (excluding diaryl/α,β-unsaturated/α-hetero) is 1. The summed E-state index contributed by atoms with van der Waals surface area (Å²) in [5, 5.41) is 9.47. The van der Waals surface area contributed by atoms with Crippen molar-refractivity contribution in [2.24, 2.45) is 5.41 Å². The third-order valence-electron chi connectivity index (χ3n) is 7.42. The Morgan fingerprint density at radius 2 is 1.70 bits per heavy atom. The van der Waals surface area contributed by atoms with E-state index >= 15 is 0 Å². The van der Waals surface area contributed by atoms with Gasteiger partial charge in [0.05, 0.1) is 17.1 Å². The molecule has 0 amide bonds. The Hall–Kier alpha value is -2.53. The molecular formula is C25H25N3OS. The first-order chi connectivity index (χ1) is 14.4. The van der Waals surface area contributed by atoms with Gasteiger partial charge in [-0.25, -0.2) is 4.98 Å². The summed E-state index contributed by atoms with van der Waals surface area (Å²) >= 11 is 1.38. The molecule has 2 aromatic carbocycles. The SMILES string of the molecule is CC12CCC(c3nnc(SCC(=O)c4ccc(-c5ccccc5)cc4)nc31)C2(C)C. The lowest BCUT2D eigenvalue weighted by Crippen LogP contribution is -2.32. The van der Waals surface area contributed by atoms with Gasteiger partial charge in [0, 0.05) is 16.9 Å². The highest BCUT2D eigenvalue weighted by Crippen LogP contribution is 2.66. The maximum Gasteiger partial charge on any atom is 0.209 e. The number of benzene rings is 2. The number of hydrogen-bond donors (Lipinski definition) is 0. The number of hydrogen-bond acceptors (Lipinski definition) is 5. The number of carbonyl (C=O) groups is 1. The zero-order valence-corrected chi connectivity index (χ0v) is 18.4. The van der Waals surface area contributed by atoms with E-state index in [1.165, 1.54) is 11.8 Å². The quantitative estimate of drug-likeness (QED) is 0.396. The van der Waals surface area contributed by atoms with Crippen molar-refractivity contribution >= 4 is 17.5 Å². The lowest BCUT2D eigenvalue weighted by atomic mass is 9.70. The van der Waals surface area contributed by atoms with E-state index in [9.17, 15) is 4.79 Å². The van der Waals surface area contributed by atoms with E-state index in [1.54, 1.807) is 0 Å². The molecule has 0 radical (unpaired) electrons. The van der Waals surface area contributed by atoms with Gasteiger partial charge in [-0.3, -0.25) is 4.79 Å². The van der Waals surface area contributed by atoms with E-state index < -0.39 is 0 Å². The molecule has 1 fully saturated rings. The van der Waals surface area contributed by atoms with Gasteiger partial charge < -0.3 is 0 Å². The Balaban J connectivity index is 1.29. The highest BCUT2D eigenvalue weighted by atomic mass is 32.2. The lowest BCUT2D eigenvalue weighted by molar-refractivity contribution is 0.102. The summed E-state index contributed by atoms with van der Waals surface area (Å²) < 4.78 is 0. The van der Waals surface area contributed by atoms with Gasteiger partial charge in [-0.1, -0.05) is 87.1 Å². The topological polar surface area (TPSA) is 55.7 Å². The van der Waals surface area contributed by atoms with Crippen LogP contribution in [-0.4, -0.2) is 26.7 Å². The van der Waals surface area contributed by atoms with Crippen molar-refractivity contribution in [3.63, 3.8) is 0 Å². The molecular weight excluding hydrogens is 390 g/mol. The zero-order valence-electron chi connectivity index (χ0n) is 17.6. The first kappa shape index (κ1) is 19.4. The first-order valence-electron chi connectivity index (χ1n) is 10.5. The Bertz CT molecular complexity index is 1110. The van der Waals surface area contributed by atoms with Gasteiger partial charge in [0.1, 0.15) is 0 Å². The van der Waals surface area contributed by atoms with Gasteiger partial charge in [-0.05, 0) is 29.4 Å². The molecule has 4 nitrogen and oxygen atoms in total. The average Bonchev–Trinajstić information content (AvgIpc) is 3.11. The second kappa shape index (κ2) is 7.02. The standard InChI is InChI=1S/C25H25N3OS/c1-24(2)19-13-14-25(24,3)22-21(19)27-28-23(26-22)30-15-20(29)18-11-9-17(10-12-18)16-7-5-4-6-8-16/h4-12,19H,13-15H2,1-3H3. The van der Waals surface area contributed by atoms with Crippen LogP contribution in [0.3, 0.4) is 0 Å². The van der Waals surface area contributed by atoms with E-state index in [0.29, 0.717) is 22.4 Å². The number of nitrogens with zero attached hydrogens (tertiary/aromatic N) is 3. The summed E-state index contributed by atoms with van der Waals surface area (Å²) in [6.45, 7) is 6.95. The van der Waals surface area contributed by atoms with Gasteiger partial charge in [-0.2, -0.15) is 5.10 Å². The highest BCUT2D eigenvalue weighted by Gasteiger charge is 2.61. The summed E-state index contributed by atoms with van der Waals surface area (Å²) in [5.41, 5.74) is 5.35. The smallest absolute Gasteiger partial charge is 0.209 e. The molecule has 2 atom stereocenters. The van der Waals surface area contributed by atoms with Crippen molar-refractivity contribution in [2.75, 3.05) is 5.75 Å². The molecule has 1 saturated carbocycles. The number of carbonyl (C=O) groups excluding carboxylic acids is 1. The van der Waals surface area contributed by atoms with Crippen molar-refractivity contribution in [3.8, 4) is 11.1 Å². The van der Waals surface area contributed by atoms with Gasteiger partial charge in [-0.15, -0.1) is 5.10 Å². The van der Waals surface area contributed by atoms with Crippen molar-refractivity contribution in [1.29, 1.82) is 0 Å². The fourth-order valence-electron chi connectivity index (χ4n) is 5.12. The molecule has 0 saturated heterocycles. The molecule has 0 aliphatic heterocycles. The lowest BCUT2D eigenvalue weighted by Gasteiger charge is -2.33. The number of ketones is 1. The number of fused-ring (bicyclic) bond motifs is 5. The fourth-order valence-corrected chi connectivity index (χ4v) is 5.80. The van der Waals surface area contributed by atoms with Crippen molar-refractivity contribution in [3.05, 3.63) is 71.5 Å². The summed E-state index contributed by atoms with van der Waals surface area (Å²) in [6, 6.07) is 18.0. The fraction of sp³-hybridized carbons (Fsp3) is 0.360. The summed E-state index contributed by atoms with van der Waals surface area (Å²) in [6.07, 6.45) is 2.31. The second-order valence-corrected chi connectivity index (χ2v) is 10.1. The van der Waals surface area contributed by atoms with Gasteiger partial charge in [0.25, 0.3) is 0 Å². The largest absolute Gasteiger partial charge is 0.293 e. The van der Waals surface area contributed by atoms with E-state index in [4.69, 9.17) is 4.98 Å². The van der Waals surface area contributed by atoms with Crippen molar-refractivity contribution < 1.29 is 4.79 Å². The Morgan fingerprint density at radius 1 is 1.00 bits per heavy atom. The van der Waals surface area contributed by atoms with Gasteiger partial charge >= 0.3 is 0 Å². The van der Waals surface area contributed by atoms with Crippen LogP contribution in [0.4, 0.5) is 0 Å². The third kappa shape index (κ3) is 2.90. The molecule has 1 heterocycles. The van der Waals surface area contributed by atoms with Crippen LogP contribution in [0.1, 0.15) is 61.3 Å². The van der Waals surface area contributed by atoms with Crippen LogP contribution in [0.2, 0.25) is 0 Å². The summed E-state index contributed by atoms with van der Waals surface area (Å²) in [4.78, 5) is 17.6. The zero-order chi connectivity index (χ0) is 20.9. The average molecular weight is 416 g/mol. The molecule has 0 spiro atoms. The highest BCUT2D eigenvalue weighted by molar-refractivity contribution is 7.99. The number of aromatic nitrogens is 3. The van der Waals surface area contributed by atoms with Crippen molar-refractivity contribution in [1.82, 2.24) is 15.2 Å². The summed E-state index contributed by atoms with van der Waals surface area (Å²) in [7, 11) is 0. The second-order valence-electron chi connectivity index (χ2n) is 9.13. The van der Waals surface area contributed by atoms with Crippen molar-refractivity contribution in [2.45, 2.75) is 50.1 Å². The van der Waals surface area contributed by atoms with Gasteiger partial charge in [0.15, 0.2) is 5.78 Å². The monoisotopic (exact) mass is 415 g/mol. The first-order valence-corrected chi connectivity index (χ1v) is 11.5. The normalized spacial score (nSPS) is 23.4. The van der Waals surface area contributed by atoms with Crippen LogP contribution in [0.25, 0.3) is 11.1 Å². The molecule has 152 valence electrons. The molecule has 5 rings (SSSR count). The maximum atomic E-state index is 12.7. The molecule has 3 aromatic rings. The Labute approximate surface area is 181 Å².